The number of carbonyl (C=O) groups excluding carboxylic acids is 2. The minimum Gasteiger partial charge on any atom is -0.481 e. The van der Waals surface area contributed by atoms with Gasteiger partial charge in [0.15, 0.2) is 0 Å². The van der Waals surface area contributed by atoms with Crippen LogP contribution in [0.25, 0.3) is 10.9 Å². The van der Waals surface area contributed by atoms with Crippen LogP contribution in [0.4, 0.5) is 0 Å². The maximum atomic E-state index is 13.6. The predicted molar refractivity (Wildman–Crippen MR) is 149 cm³/mol. The highest BCUT2D eigenvalue weighted by molar-refractivity contribution is 6.00. The number of nitrogens with zero attached hydrogens (tertiary/aromatic N) is 2. The molecular weight excluding hydrogens is 492 g/mol. The summed E-state index contributed by atoms with van der Waals surface area (Å²) >= 11 is 0. The molecule has 0 saturated carbocycles. The zero-order chi connectivity index (χ0) is 27.2. The molecule has 1 atom stereocenters. The summed E-state index contributed by atoms with van der Waals surface area (Å²) in [6.45, 7) is 2.28. The Kier molecular flexibility index (Phi) is 8.03. The Balaban J connectivity index is 1.28. The lowest BCUT2D eigenvalue weighted by Crippen LogP contribution is -2.55. The molecule has 1 aromatic heterocycles. The first-order valence-corrected chi connectivity index (χ1v) is 13.2. The molecule has 200 valence electrons. The fraction of sp³-hybridized carbons (Fsp3) is 0.258. The number of aliphatic carboxylic acids is 1. The van der Waals surface area contributed by atoms with Crippen molar-refractivity contribution in [1.29, 1.82) is 0 Å². The fourth-order valence-electron chi connectivity index (χ4n) is 5.26. The minimum atomic E-state index is -1.01. The zero-order valence-corrected chi connectivity index (χ0v) is 21.6. The van der Waals surface area contributed by atoms with E-state index >= 15 is 0 Å². The molecule has 0 aliphatic carbocycles. The number of para-hydroxylation sites is 1. The van der Waals surface area contributed by atoms with Crippen molar-refractivity contribution in [3.63, 3.8) is 0 Å². The first kappa shape index (κ1) is 26.2. The number of aromatic amines is 1. The van der Waals surface area contributed by atoms with E-state index in [-0.39, 0.29) is 24.8 Å². The number of fused-ring (bicyclic) bond motifs is 1. The molecule has 4 aromatic rings. The second-order valence-corrected chi connectivity index (χ2v) is 9.81. The van der Waals surface area contributed by atoms with Crippen molar-refractivity contribution in [2.45, 2.75) is 24.9 Å². The van der Waals surface area contributed by atoms with E-state index in [9.17, 15) is 19.5 Å². The average molecular weight is 525 g/mol. The largest absolute Gasteiger partial charge is 0.481 e. The highest BCUT2D eigenvalue weighted by Gasteiger charge is 2.32. The van der Waals surface area contributed by atoms with Crippen LogP contribution in [-0.4, -0.2) is 69.9 Å². The number of hydrogen-bond acceptors (Lipinski definition) is 4. The van der Waals surface area contributed by atoms with Gasteiger partial charge in [-0.1, -0.05) is 78.9 Å². The number of hydrogen-bond donors (Lipinski definition) is 3. The summed E-state index contributed by atoms with van der Waals surface area (Å²) in [6.07, 6.45) is -0.190. The number of carboxylic acids is 1. The summed E-state index contributed by atoms with van der Waals surface area (Å²) in [6, 6.07) is 29.0. The molecule has 8 heteroatoms. The fourth-order valence-corrected chi connectivity index (χ4v) is 5.26. The molecule has 1 saturated heterocycles. The van der Waals surface area contributed by atoms with Gasteiger partial charge in [0.25, 0.3) is 5.91 Å². The third kappa shape index (κ3) is 6.18. The molecule has 2 amide bonds. The molecule has 3 N–H and O–H groups in total. The number of H-pyrrole nitrogens is 1. The summed E-state index contributed by atoms with van der Waals surface area (Å²) in [4.78, 5) is 45.1. The van der Waals surface area contributed by atoms with Crippen molar-refractivity contribution in [3.05, 3.63) is 108 Å². The van der Waals surface area contributed by atoms with E-state index in [0.717, 1.165) is 10.9 Å². The second-order valence-electron chi connectivity index (χ2n) is 9.81. The lowest BCUT2D eigenvalue weighted by Gasteiger charge is -2.40. The van der Waals surface area contributed by atoms with Crippen LogP contribution in [0.15, 0.2) is 91.0 Å². The summed E-state index contributed by atoms with van der Waals surface area (Å²) in [5, 5.41) is 12.9. The lowest BCUT2D eigenvalue weighted by molar-refractivity contribution is -0.138. The Morgan fingerprint density at radius 3 is 2.00 bits per heavy atom. The van der Waals surface area contributed by atoms with Crippen LogP contribution in [0.1, 0.15) is 40.5 Å². The normalized spacial score (nSPS) is 14.8. The van der Waals surface area contributed by atoms with Crippen molar-refractivity contribution in [3.8, 4) is 0 Å². The molecule has 39 heavy (non-hydrogen) atoms. The van der Waals surface area contributed by atoms with Gasteiger partial charge in [0.1, 0.15) is 11.7 Å². The number of amides is 2. The number of piperazine rings is 1. The third-order valence-electron chi connectivity index (χ3n) is 7.25. The predicted octanol–water partition coefficient (Wildman–Crippen LogP) is 4.06. The van der Waals surface area contributed by atoms with E-state index < -0.39 is 17.9 Å². The Labute approximate surface area is 227 Å². The monoisotopic (exact) mass is 524 g/mol. The second kappa shape index (κ2) is 12.0. The molecule has 1 aliphatic rings. The van der Waals surface area contributed by atoms with Gasteiger partial charge < -0.3 is 20.3 Å². The van der Waals surface area contributed by atoms with E-state index in [1.165, 1.54) is 11.1 Å². The van der Waals surface area contributed by atoms with Gasteiger partial charge in [-0.15, -0.1) is 0 Å². The van der Waals surface area contributed by atoms with Crippen molar-refractivity contribution < 1.29 is 19.5 Å². The maximum absolute atomic E-state index is 13.6. The number of nitrogens with one attached hydrogen (secondary N) is 2. The summed E-state index contributed by atoms with van der Waals surface area (Å²) in [7, 11) is 0. The topological polar surface area (TPSA) is 106 Å². The highest BCUT2D eigenvalue weighted by atomic mass is 16.4. The number of carbonyl (C=O) groups is 3. The molecule has 1 aliphatic heterocycles. The van der Waals surface area contributed by atoms with E-state index in [0.29, 0.717) is 31.9 Å². The first-order valence-electron chi connectivity index (χ1n) is 13.2. The van der Waals surface area contributed by atoms with Crippen molar-refractivity contribution >= 4 is 28.7 Å². The Bertz CT molecular complexity index is 1360. The summed E-state index contributed by atoms with van der Waals surface area (Å²) in [5.74, 6) is -1.69. The van der Waals surface area contributed by atoms with Crippen LogP contribution >= 0.6 is 0 Å². The van der Waals surface area contributed by atoms with Crippen molar-refractivity contribution in [1.82, 2.24) is 20.1 Å². The number of rotatable bonds is 9. The van der Waals surface area contributed by atoms with Crippen molar-refractivity contribution in [2.75, 3.05) is 26.2 Å². The minimum absolute atomic E-state index is 0.0248. The van der Waals surface area contributed by atoms with Gasteiger partial charge in [-0.05, 0) is 29.7 Å². The van der Waals surface area contributed by atoms with Gasteiger partial charge in [0, 0.05) is 43.5 Å². The molecule has 8 nitrogen and oxygen atoms in total. The molecular formula is C31H32N4O4. The molecule has 1 fully saturated rings. The van der Waals surface area contributed by atoms with Gasteiger partial charge in [0.05, 0.1) is 6.04 Å². The van der Waals surface area contributed by atoms with Gasteiger partial charge in [-0.25, -0.2) is 0 Å². The smallest absolute Gasteiger partial charge is 0.303 e. The molecule has 0 spiro atoms. The maximum Gasteiger partial charge on any atom is 0.303 e. The van der Waals surface area contributed by atoms with E-state index in [4.69, 9.17) is 0 Å². The van der Waals surface area contributed by atoms with Gasteiger partial charge >= 0.3 is 5.97 Å². The molecule has 5 rings (SSSR count). The first-order chi connectivity index (χ1) is 19.0. The SMILES string of the molecule is O=C(O)CCC(NC(=O)c1cc2ccccc2[nH]1)C(=O)N1CCN(C(c2ccccc2)c2ccccc2)CC1. The van der Waals surface area contributed by atoms with Crippen LogP contribution in [0.2, 0.25) is 0 Å². The van der Waals surface area contributed by atoms with Crippen LogP contribution in [-0.2, 0) is 9.59 Å². The summed E-state index contributed by atoms with van der Waals surface area (Å²) < 4.78 is 0. The Hall–Kier alpha value is -4.43. The molecule has 0 radical (unpaired) electrons. The summed E-state index contributed by atoms with van der Waals surface area (Å²) in [5.41, 5.74) is 3.53. The molecule has 0 bridgehead atoms. The third-order valence-corrected chi connectivity index (χ3v) is 7.25. The van der Waals surface area contributed by atoms with E-state index in [1.807, 2.05) is 60.7 Å². The zero-order valence-electron chi connectivity index (χ0n) is 21.6. The van der Waals surface area contributed by atoms with Gasteiger partial charge in [-0.3, -0.25) is 19.3 Å². The number of aromatic nitrogens is 1. The van der Waals surface area contributed by atoms with Crippen LogP contribution < -0.4 is 5.32 Å². The Morgan fingerprint density at radius 2 is 1.41 bits per heavy atom. The Morgan fingerprint density at radius 1 is 0.821 bits per heavy atom. The van der Waals surface area contributed by atoms with Crippen LogP contribution in [0, 0.1) is 0 Å². The van der Waals surface area contributed by atoms with E-state index in [1.54, 1.807) is 11.0 Å². The quantitative estimate of drug-likeness (QED) is 0.306. The number of benzene rings is 3. The highest BCUT2D eigenvalue weighted by Crippen LogP contribution is 2.29. The van der Waals surface area contributed by atoms with Gasteiger partial charge in [0.2, 0.25) is 5.91 Å². The number of carboxylic acid groups (broad SMARTS) is 1. The van der Waals surface area contributed by atoms with Gasteiger partial charge in [-0.2, -0.15) is 0 Å². The standard InChI is InChI=1S/C31H32N4O4/c36-28(37)16-15-26(33-30(38)27-21-24-13-7-8-14-25(24)32-27)31(39)35-19-17-34(18-20-35)29(22-9-3-1-4-10-22)23-11-5-2-6-12-23/h1-14,21,26,29,32H,15-20H2,(H,33,38)(H,36,37). The lowest BCUT2D eigenvalue weighted by atomic mass is 9.96. The van der Waals surface area contributed by atoms with Crippen LogP contribution in [0.5, 0.6) is 0 Å². The molecule has 2 heterocycles. The molecule has 3 aromatic carbocycles. The average Bonchev–Trinajstić information content (AvgIpc) is 3.41. The van der Waals surface area contributed by atoms with Crippen LogP contribution in [0.3, 0.4) is 0 Å². The molecule has 1 unspecified atom stereocenters. The van der Waals surface area contributed by atoms with Crippen molar-refractivity contribution in [2.24, 2.45) is 0 Å². The van der Waals surface area contributed by atoms with E-state index in [2.05, 4.69) is 39.5 Å².